The quantitative estimate of drug-likeness (QED) is 0.560. The predicted molar refractivity (Wildman–Crippen MR) is 95.6 cm³/mol. The minimum absolute atomic E-state index is 0.0230. The second-order valence-corrected chi connectivity index (χ2v) is 7.21. The summed E-state index contributed by atoms with van der Waals surface area (Å²) in [7, 11) is 1.31. The molecule has 0 atom stereocenters. The van der Waals surface area contributed by atoms with Crippen LogP contribution in [0.25, 0.3) is 0 Å². The maximum absolute atomic E-state index is 12.3. The standard InChI is InChI=1S/C19H19BrO4/c1-19(2,3)14-8-5-12(6-9-14)18(22)24-16-10-7-13(11-15(16)20)17(21)23-4/h5-11H,1-4H3. The van der Waals surface area contributed by atoms with Crippen LogP contribution in [0.15, 0.2) is 46.9 Å². The molecule has 0 fully saturated rings. The number of methoxy groups -OCH3 is 1. The van der Waals surface area contributed by atoms with Crippen molar-refractivity contribution in [3.63, 3.8) is 0 Å². The molecular formula is C19H19BrO4. The van der Waals surface area contributed by atoms with Gasteiger partial charge in [0.05, 0.1) is 22.7 Å². The molecule has 0 bridgehead atoms. The molecule has 2 aromatic rings. The van der Waals surface area contributed by atoms with Crippen LogP contribution in [0.1, 0.15) is 47.1 Å². The first-order valence-corrected chi connectivity index (χ1v) is 8.22. The molecule has 0 aromatic heterocycles. The molecule has 2 rings (SSSR count). The van der Waals surface area contributed by atoms with E-state index < -0.39 is 11.9 Å². The Bertz CT molecular complexity index is 758. The third-order valence-electron chi connectivity index (χ3n) is 3.54. The van der Waals surface area contributed by atoms with E-state index in [0.717, 1.165) is 5.56 Å². The zero-order chi connectivity index (χ0) is 17.9. The molecule has 24 heavy (non-hydrogen) atoms. The van der Waals surface area contributed by atoms with Gasteiger partial charge in [-0.3, -0.25) is 0 Å². The maximum Gasteiger partial charge on any atom is 0.343 e. The van der Waals surface area contributed by atoms with Crippen LogP contribution >= 0.6 is 15.9 Å². The van der Waals surface area contributed by atoms with E-state index in [1.165, 1.54) is 7.11 Å². The van der Waals surface area contributed by atoms with E-state index in [4.69, 9.17) is 4.74 Å². The lowest BCUT2D eigenvalue weighted by atomic mass is 9.87. The summed E-state index contributed by atoms with van der Waals surface area (Å²) in [5.41, 5.74) is 2.00. The van der Waals surface area contributed by atoms with Crippen molar-refractivity contribution in [1.29, 1.82) is 0 Å². The number of carbonyl (C=O) groups is 2. The topological polar surface area (TPSA) is 52.6 Å². The van der Waals surface area contributed by atoms with E-state index >= 15 is 0 Å². The molecule has 0 aliphatic carbocycles. The van der Waals surface area contributed by atoms with Crippen molar-refractivity contribution in [2.24, 2.45) is 0 Å². The highest BCUT2D eigenvalue weighted by molar-refractivity contribution is 9.10. The minimum atomic E-state index is -0.457. The van der Waals surface area contributed by atoms with Crippen LogP contribution in [0.5, 0.6) is 5.75 Å². The van der Waals surface area contributed by atoms with Gasteiger partial charge in [-0.25, -0.2) is 9.59 Å². The first-order valence-electron chi connectivity index (χ1n) is 7.43. The van der Waals surface area contributed by atoms with Crippen LogP contribution in [0, 0.1) is 0 Å². The molecule has 0 aliphatic heterocycles. The number of esters is 2. The fraction of sp³-hybridized carbons (Fsp3) is 0.263. The van der Waals surface area contributed by atoms with Crippen molar-refractivity contribution in [2.75, 3.05) is 7.11 Å². The van der Waals surface area contributed by atoms with Gasteiger partial charge >= 0.3 is 11.9 Å². The molecule has 0 saturated carbocycles. The van der Waals surface area contributed by atoms with Crippen molar-refractivity contribution in [3.8, 4) is 5.75 Å². The fourth-order valence-corrected chi connectivity index (χ4v) is 2.55. The summed E-state index contributed by atoms with van der Waals surface area (Å²) < 4.78 is 10.5. The molecule has 0 aliphatic rings. The van der Waals surface area contributed by atoms with Crippen LogP contribution in [-0.4, -0.2) is 19.0 Å². The average Bonchev–Trinajstić information content (AvgIpc) is 2.55. The number of carbonyl (C=O) groups excluding carboxylic acids is 2. The zero-order valence-electron chi connectivity index (χ0n) is 14.1. The van der Waals surface area contributed by atoms with Crippen molar-refractivity contribution in [3.05, 3.63) is 63.6 Å². The van der Waals surface area contributed by atoms with Crippen LogP contribution in [0.4, 0.5) is 0 Å². The lowest BCUT2D eigenvalue weighted by Crippen LogP contribution is -2.13. The molecule has 2 aromatic carbocycles. The highest BCUT2D eigenvalue weighted by Gasteiger charge is 2.16. The van der Waals surface area contributed by atoms with Crippen LogP contribution in [0.3, 0.4) is 0 Å². The third kappa shape index (κ3) is 4.23. The van der Waals surface area contributed by atoms with Crippen molar-refractivity contribution >= 4 is 27.9 Å². The molecule has 4 nitrogen and oxygen atoms in total. The summed E-state index contributed by atoms with van der Waals surface area (Å²) in [6.45, 7) is 6.33. The minimum Gasteiger partial charge on any atom is -0.465 e. The molecule has 0 spiro atoms. The van der Waals surface area contributed by atoms with Crippen molar-refractivity contribution < 1.29 is 19.1 Å². The van der Waals surface area contributed by atoms with E-state index in [1.54, 1.807) is 30.3 Å². The molecule has 0 unspecified atom stereocenters. The fourth-order valence-electron chi connectivity index (χ4n) is 2.09. The molecule has 0 heterocycles. The summed E-state index contributed by atoms with van der Waals surface area (Å²) in [5.74, 6) is -0.569. The van der Waals surface area contributed by atoms with Gasteiger partial charge < -0.3 is 9.47 Å². The summed E-state index contributed by atoms with van der Waals surface area (Å²) in [4.78, 5) is 23.8. The Morgan fingerprint density at radius 1 is 0.917 bits per heavy atom. The Morgan fingerprint density at radius 3 is 2.00 bits per heavy atom. The summed E-state index contributed by atoms with van der Waals surface area (Å²) in [6, 6.07) is 12.0. The molecule has 0 saturated heterocycles. The Kier molecular flexibility index (Phi) is 5.44. The third-order valence-corrected chi connectivity index (χ3v) is 4.16. The van der Waals surface area contributed by atoms with Gasteiger partial charge in [-0.05, 0) is 57.2 Å². The van der Waals surface area contributed by atoms with Gasteiger partial charge in [0.1, 0.15) is 5.75 Å². The largest absolute Gasteiger partial charge is 0.465 e. The number of ether oxygens (including phenoxy) is 2. The monoisotopic (exact) mass is 390 g/mol. The number of hydrogen-bond acceptors (Lipinski definition) is 4. The van der Waals surface area contributed by atoms with E-state index in [1.807, 2.05) is 12.1 Å². The SMILES string of the molecule is COC(=O)c1ccc(OC(=O)c2ccc(C(C)(C)C)cc2)c(Br)c1. The lowest BCUT2D eigenvalue weighted by molar-refractivity contribution is 0.0600. The second-order valence-electron chi connectivity index (χ2n) is 6.35. The molecule has 126 valence electrons. The Morgan fingerprint density at radius 2 is 1.50 bits per heavy atom. The first kappa shape index (κ1) is 18.2. The maximum atomic E-state index is 12.3. The normalized spacial score (nSPS) is 11.0. The molecule has 0 N–H and O–H groups in total. The van der Waals surface area contributed by atoms with Gasteiger partial charge in [-0.1, -0.05) is 32.9 Å². The predicted octanol–water partition coefficient (Wildman–Crippen LogP) is 4.75. The Hall–Kier alpha value is -2.14. The number of rotatable bonds is 3. The van der Waals surface area contributed by atoms with E-state index in [2.05, 4.69) is 41.4 Å². The van der Waals surface area contributed by atoms with E-state index in [9.17, 15) is 9.59 Å². The van der Waals surface area contributed by atoms with Gasteiger partial charge in [0.2, 0.25) is 0 Å². The first-order chi connectivity index (χ1) is 11.2. The smallest absolute Gasteiger partial charge is 0.343 e. The second kappa shape index (κ2) is 7.18. The van der Waals surface area contributed by atoms with Crippen LogP contribution < -0.4 is 4.74 Å². The number of halogens is 1. The van der Waals surface area contributed by atoms with Gasteiger partial charge in [0.25, 0.3) is 0 Å². The highest BCUT2D eigenvalue weighted by Crippen LogP contribution is 2.28. The summed E-state index contributed by atoms with van der Waals surface area (Å²) in [5, 5.41) is 0. The van der Waals surface area contributed by atoms with Crippen molar-refractivity contribution in [2.45, 2.75) is 26.2 Å². The molecular weight excluding hydrogens is 372 g/mol. The zero-order valence-corrected chi connectivity index (χ0v) is 15.6. The Labute approximate surface area is 149 Å². The molecule has 5 heteroatoms. The average molecular weight is 391 g/mol. The van der Waals surface area contributed by atoms with Gasteiger partial charge in [-0.2, -0.15) is 0 Å². The van der Waals surface area contributed by atoms with Crippen LogP contribution in [0.2, 0.25) is 0 Å². The molecule has 0 radical (unpaired) electrons. The van der Waals surface area contributed by atoms with E-state index in [0.29, 0.717) is 21.3 Å². The van der Waals surface area contributed by atoms with Crippen molar-refractivity contribution in [1.82, 2.24) is 0 Å². The van der Waals surface area contributed by atoms with E-state index in [-0.39, 0.29) is 5.41 Å². The number of benzene rings is 2. The Balaban J connectivity index is 2.16. The highest BCUT2D eigenvalue weighted by atomic mass is 79.9. The van der Waals surface area contributed by atoms with Crippen LogP contribution in [-0.2, 0) is 10.2 Å². The van der Waals surface area contributed by atoms with Gasteiger partial charge in [0.15, 0.2) is 0 Å². The van der Waals surface area contributed by atoms with Gasteiger partial charge in [-0.15, -0.1) is 0 Å². The summed E-state index contributed by atoms with van der Waals surface area (Å²) >= 11 is 3.30. The molecule has 0 amide bonds. The lowest BCUT2D eigenvalue weighted by Gasteiger charge is -2.19. The number of hydrogen-bond donors (Lipinski definition) is 0. The summed E-state index contributed by atoms with van der Waals surface area (Å²) in [6.07, 6.45) is 0. The van der Waals surface area contributed by atoms with Gasteiger partial charge in [0, 0.05) is 0 Å².